The number of halogens is 1. The van der Waals surface area contributed by atoms with Crippen LogP contribution in [0.25, 0.3) is 0 Å². The molecule has 0 saturated carbocycles. The van der Waals surface area contributed by atoms with Gasteiger partial charge >= 0.3 is 0 Å². The highest BCUT2D eigenvalue weighted by atomic mass is 79.9. The Labute approximate surface area is 261 Å². The summed E-state index contributed by atoms with van der Waals surface area (Å²) in [6, 6.07) is 6.26. The first-order chi connectivity index (χ1) is 19.4. The van der Waals surface area contributed by atoms with Crippen molar-refractivity contribution >= 4 is 0 Å². The first-order valence-corrected chi connectivity index (χ1v) is 17.5. The second-order valence-corrected chi connectivity index (χ2v) is 11.9. The SMILES string of the molecule is CCCCCCCCCCCCCCOCC(C[n+]1ccccc1)OCCCCCCCCCCCCCC.[Br-]. The lowest BCUT2D eigenvalue weighted by molar-refractivity contribution is -0.704. The third kappa shape index (κ3) is 27.7. The molecule has 236 valence electrons. The van der Waals surface area contributed by atoms with Gasteiger partial charge in [-0.15, -0.1) is 0 Å². The average Bonchev–Trinajstić information content (AvgIpc) is 2.96. The Kier molecular flexibility index (Phi) is 32.7. The second kappa shape index (κ2) is 33.1. The highest BCUT2D eigenvalue weighted by Gasteiger charge is 2.15. The first-order valence-electron chi connectivity index (χ1n) is 17.5. The largest absolute Gasteiger partial charge is 1.00 e. The van der Waals surface area contributed by atoms with Crippen molar-refractivity contribution in [1.29, 1.82) is 0 Å². The summed E-state index contributed by atoms with van der Waals surface area (Å²) in [4.78, 5) is 0. The maximum absolute atomic E-state index is 6.31. The van der Waals surface area contributed by atoms with Gasteiger partial charge in [0, 0.05) is 25.3 Å². The number of aromatic nitrogens is 1. The van der Waals surface area contributed by atoms with Crippen molar-refractivity contribution in [2.75, 3.05) is 19.8 Å². The van der Waals surface area contributed by atoms with Gasteiger partial charge in [0.1, 0.15) is 6.10 Å². The van der Waals surface area contributed by atoms with E-state index in [-0.39, 0.29) is 23.1 Å². The molecule has 0 bridgehead atoms. The van der Waals surface area contributed by atoms with Crippen LogP contribution in [0.4, 0.5) is 0 Å². The molecular formula is C36H68BrNO2. The maximum Gasteiger partial charge on any atom is 0.176 e. The molecule has 3 nitrogen and oxygen atoms in total. The van der Waals surface area contributed by atoms with Gasteiger partial charge in [-0.3, -0.25) is 0 Å². The topological polar surface area (TPSA) is 22.3 Å². The predicted molar refractivity (Wildman–Crippen MR) is 169 cm³/mol. The minimum Gasteiger partial charge on any atom is -1.00 e. The fraction of sp³-hybridized carbons (Fsp3) is 0.861. The number of unbranched alkanes of at least 4 members (excludes halogenated alkanes) is 22. The van der Waals surface area contributed by atoms with Crippen molar-refractivity contribution in [1.82, 2.24) is 0 Å². The van der Waals surface area contributed by atoms with Gasteiger partial charge in [-0.05, 0) is 12.8 Å². The van der Waals surface area contributed by atoms with Crippen molar-refractivity contribution in [3.63, 3.8) is 0 Å². The molecule has 0 aliphatic carbocycles. The van der Waals surface area contributed by atoms with Gasteiger partial charge in [-0.2, -0.15) is 0 Å². The molecule has 0 saturated heterocycles. The van der Waals surface area contributed by atoms with E-state index in [0.717, 1.165) is 19.8 Å². The molecule has 1 heterocycles. The van der Waals surface area contributed by atoms with Crippen LogP contribution in [0, 0.1) is 0 Å². The second-order valence-electron chi connectivity index (χ2n) is 11.9. The molecule has 1 rings (SSSR count). The average molecular weight is 627 g/mol. The van der Waals surface area contributed by atoms with E-state index >= 15 is 0 Å². The summed E-state index contributed by atoms with van der Waals surface area (Å²) < 4.78 is 14.6. The Morgan fingerprint density at radius 1 is 0.475 bits per heavy atom. The third-order valence-electron chi connectivity index (χ3n) is 7.99. The molecular weight excluding hydrogens is 558 g/mol. The van der Waals surface area contributed by atoms with Crippen molar-refractivity contribution in [2.24, 2.45) is 0 Å². The van der Waals surface area contributed by atoms with E-state index in [4.69, 9.17) is 9.47 Å². The van der Waals surface area contributed by atoms with Crippen molar-refractivity contribution in [2.45, 2.75) is 181 Å². The lowest BCUT2D eigenvalue weighted by atomic mass is 10.1. The van der Waals surface area contributed by atoms with E-state index in [9.17, 15) is 0 Å². The smallest absolute Gasteiger partial charge is 0.176 e. The molecule has 0 radical (unpaired) electrons. The minimum atomic E-state index is 0. The summed E-state index contributed by atoms with van der Waals surface area (Å²) in [7, 11) is 0. The number of hydrogen-bond donors (Lipinski definition) is 0. The fourth-order valence-electron chi connectivity index (χ4n) is 5.40. The quantitative estimate of drug-likeness (QED) is 0.0621. The van der Waals surface area contributed by atoms with Gasteiger partial charge in [0.15, 0.2) is 18.9 Å². The van der Waals surface area contributed by atoms with Gasteiger partial charge in [0.05, 0.1) is 6.61 Å². The van der Waals surface area contributed by atoms with E-state index in [1.807, 2.05) is 0 Å². The highest BCUT2D eigenvalue weighted by molar-refractivity contribution is 4.83. The molecule has 0 N–H and O–H groups in total. The Hall–Kier alpha value is -0.450. The molecule has 0 aliphatic rings. The zero-order chi connectivity index (χ0) is 27.9. The van der Waals surface area contributed by atoms with Crippen LogP contribution in [-0.4, -0.2) is 25.9 Å². The minimum absolute atomic E-state index is 0. The molecule has 0 spiro atoms. The monoisotopic (exact) mass is 625 g/mol. The van der Waals surface area contributed by atoms with Gasteiger partial charge in [-0.25, -0.2) is 4.57 Å². The van der Waals surface area contributed by atoms with Crippen LogP contribution in [0.15, 0.2) is 30.6 Å². The van der Waals surface area contributed by atoms with Gasteiger partial charge in [0.2, 0.25) is 0 Å². The van der Waals surface area contributed by atoms with Gasteiger partial charge in [0.25, 0.3) is 0 Å². The lowest BCUT2D eigenvalue weighted by Crippen LogP contribution is -3.00. The van der Waals surface area contributed by atoms with Crippen LogP contribution in [0.2, 0.25) is 0 Å². The highest BCUT2D eigenvalue weighted by Crippen LogP contribution is 2.13. The summed E-state index contributed by atoms with van der Waals surface area (Å²) in [5, 5.41) is 0. The lowest BCUT2D eigenvalue weighted by Gasteiger charge is -2.16. The number of rotatable bonds is 31. The molecule has 0 fully saturated rings. The Bertz CT molecular complexity index is 585. The Balaban J connectivity index is 0.0000152. The van der Waals surface area contributed by atoms with Gasteiger partial charge in [-0.1, -0.05) is 161 Å². The standard InChI is InChI=1S/C36H68NO2.BrH/c1-3-5-7-9-11-13-15-17-19-21-23-28-32-38-35-36(34-37-30-26-25-27-31-37)39-33-29-24-22-20-18-16-14-12-10-8-6-4-2;/h25-27,30-31,36H,3-24,28-29,32-35H2,1-2H3;1H/q+1;/p-1. The Morgan fingerprint density at radius 2 is 0.850 bits per heavy atom. The van der Waals surface area contributed by atoms with Gasteiger partial charge < -0.3 is 26.5 Å². The summed E-state index contributed by atoms with van der Waals surface area (Å²) >= 11 is 0. The van der Waals surface area contributed by atoms with E-state index in [0.29, 0.717) is 6.61 Å². The summed E-state index contributed by atoms with van der Waals surface area (Å²) in [6.07, 6.45) is 37.6. The molecule has 1 atom stereocenters. The first kappa shape index (κ1) is 39.5. The molecule has 1 unspecified atom stereocenters. The normalized spacial score (nSPS) is 11.9. The van der Waals surface area contributed by atoms with E-state index < -0.39 is 0 Å². The molecule has 0 aliphatic heterocycles. The molecule has 0 aromatic carbocycles. The van der Waals surface area contributed by atoms with E-state index in [1.54, 1.807) is 0 Å². The van der Waals surface area contributed by atoms with Crippen LogP contribution in [0.3, 0.4) is 0 Å². The third-order valence-corrected chi connectivity index (χ3v) is 7.99. The number of pyridine rings is 1. The molecule has 4 heteroatoms. The van der Waals surface area contributed by atoms with Crippen LogP contribution in [0.5, 0.6) is 0 Å². The van der Waals surface area contributed by atoms with E-state index in [1.165, 1.54) is 154 Å². The number of hydrogen-bond acceptors (Lipinski definition) is 2. The molecule has 0 amide bonds. The zero-order valence-corrected chi connectivity index (χ0v) is 28.5. The van der Waals surface area contributed by atoms with Crippen molar-refractivity contribution in [3.05, 3.63) is 30.6 Å². The molecule has 1 aromatic rings. The fourth-order valence-corrected chi connectivity index (χ4v) is 5.40. The van der Waals surface area contributed by atoms with E-state index in [2.05, 4.69) is 49.0 Å². The number of ether oxygens (including phenoxy) is 2. The van der Waals surface area contributed by atoms with Crippen LogP contribution < -0.4 is 21.5 Å². The van der Waals surface area contributed by atoms with Crippen molar-refractivity contribution < 1.29 is 31.0 Å². The molecule has 1 aromatic heterocycles. The summed E-state index contributed by atoms with van der Waals surface area (Å²) in [5.41, 5.74) is 0. The van der Waals surface area contributed by atoms with Crippen LogP contribution in [-0.2, 0) is 16.0 Å². The Morgan fingerprint density at radius 3 is 1.27 bits per heavy atom. The van der Waals surface area contributed by atoms with Crippen LogP contribution >= 0.6 is 0 Å². The molecule has 40 heavy (non-hydrogen) atoms. The summed E-state index contributed by atoms with van der Waals surface area (Å²) in [5.74, 6) is 0. The van der Waals surface area contributed by atoms with Crippen LogP contribution in [0.1, 0.15) is 168 Å². The predicted octanol–water partition coefficient (Wildman–Crippen LogP) is 7.78. The zero-order valence-electron chi connectivity index (χ0n) is 26.9. The van der Waals surface area contributed by atoms with Crippen molar-refractivity contribution in [3.8, 4) is 0 Å². The summed E-state index contributed by atoms with van der Waals surface area (Å²) in [6.45, 7) is 7.90. The maximum atomic E-state index is 6.31. The number of nitrogens with zero attached hydrogens (tertiary/aromatic N) is 1.